The summed E-state index contributed by atoms with van der Waals surface area (Å²) in [6.07, 6.45) is 6.16. The first-order chi connectivity index (χ1) is 10.5. The van der Waals surface area contributed by atoms with E-state index in [0.717, 1.165) is 12.8 Å². The zero-order valence-corrected chi connectivity index (χ0v) is 22.4. The van der Waals surface area contributed by atoms with Crippen LogP contribution in [0.25, 0.3) is 0 Å². The van der Waals surface area contributed by atoms with Gasteiger partial charge in [-0.2, -0.15) is 0 Å². The highest BCUT2D eigenvalue weighted by Crippen LogP contribution is 2.20. The summed E-state index contributed by atoms with van der Waals surface area (Å²) in [7, 11) is -5.57. The van der Waals surface area contributed by atoms with Gasteiger partial charge in [0, 0.05) is 12.4 Å². The van der Waals surface area contributed by atoms with Crippen molar-refractivity contribution >= 4 is 45.4 Å². The number of nitrogens with zero attached hydrogens (tertiary/aromatic N) is 4. The van der Waals surface area contributed by atoms with Crippen molar-refractivity contribution in [2.75, 3.05) is 0 Å². The number of unbranched alkanes of at least 4 members (excludes halogenated alkanes) is 1. The van der Waals surface area contributed by atoms with E-state index >= 15 is 0 Å². The molecule has 0 unspecified atom stereocenters. The normalized spacial score (nSPS) is 14.7. The Hall–Kier alpha value is -0.192. The first-order valence-electron chi connectivity index (χ1n) is 9.13. The number of hydrazone groups is 2. The summed E-state index contributed by atoms with van der Waals surface area (Å²) in [5.41, 5.74) is 0. The molecule has 0 aliphatic heterocycles. The average Bonchev–Trinajstić information content (AvgIpc) is 2.25. The largest absolute Gasteiger partial charge is 0.350 e. The van der Waals surface area contributed by atoms with Gasteiger partial charge in [-0.15, -0.1) is 0 Å². The van der Waals surface area contributed by atoms with E-state index in [1.54, 1.807) is 0 Å². The SMILES string of the molecule is C[Si](C)(C)N(N=CCCC=NN([Si](C)(C)C)[Si](C)(C)C)[Si](C)(C)C. The Labute approximate surface area is 155 Å². The van der Waals surface area contributed by atoms with E-state index in [0.29, 0.717) is 0 Å². The minimum atomic E-state index is -1.39. The molecule has 0 heterocycles. The van der Waals surface area contributed by atoms with Gasteiger partial charge in [0.05, 0.1) is 0 Å². The van der Waals surface area contributed by atoms with Gasteiger partial charge in [-0.3, -0.25) is 0 Å². The van der Waals surface area contributed by atoms with Crippen molar-refractivity contribution < 1.29 is 0 Å². The Morgan fingerprint density at radius 1 is 0.500 bits per heavy atom. The van der Waals surface area contributed by atoms with Crippen LogP contribution in [0, 0.1) is 0 Å². The maximum Gasteiger partial charge on any atom is 0.158 e. The lowest BCUT2D eigenvalue weighted by molar-refractivity contribution is 0.664. The summed E-state index contributed by atoms with van der Waals surface area (Å²) in [4.78, 5) is 0. The van der Waals surface area contributed by atoms with E-state index in [4.69, 9.17) is 10.2 Å². The van der Waals surface area contributed by atoms with Crippen LogP contribution in [0.5, 0.6) is 0 Å². The smallest absolute Gasteiger partial charge is 0.158 e. The van der Waals surface area contributed by atoms with Crippen molar-refractivity contribution in [1.29, 1.82) is 0 Å². The molecule has 0 rings (SSSR count). The van der Waals surface area contributed by atoms with Crippen LogP contribution in [0.3, 0.4) is 0 Å². The van der Waals surface area contributed by atoms with Crippen molar-refractivity contribution in [3.05, 3.63) is 0 Å². The van der Waals surface area contributed by atoms with Crippen LogP contribution in [-0.4, -0.2) is 54.1 Å². The number of hydrogen-bond acceptors (Lipinski definition) is 4. The van der Waals surface area contributed by atoms with Crippen molar-refractivity contribution in [1.82, 2.24) is 8.68 Å². The molecule has 0 atom stereocenters. The molecule has 0 saturated heterocycles. The molecule has 0 aromatic heterocycles. The lowest BCUT2D eigenvalue weighted by Crippen LogP contribution is -2.56. The van der Waals surface area contributed by atoms with Crippen LogP contribution in [0.1, 0.15) is 12.8 Å². The van der Waals surface area contributed by atoms with Crippen molar-refractivity contribution in [3.8, 4) is 0 Å². The first-order valence-corrected chi connectivity index (χ1v) is 22.9. The molecule has 24 heavy (non-hydrogen) atoms. The Morgan fingerprint density at radius 2 is 0.708 bits per heavy atom. The molecule has 4 nitrogen and oxygen atoms in total. The maximum absolute atomic E-state index is 4.85. The first kappa shape index (κ1) is 23.8. The summed E-state index contributed by atoms with van der Waals surface area (Å²) in [6, 6.07) is 0. The third-order valence-corrected chi connectivity index (χ3v) is 17.0. The van der Waals surface area contributed by atoms with Crippen molar-refractivity contribution in [2.45, 2.75) is 91.4 Å². The standard InChI is InChI=1S/C16H42N4Si4/c1-21(2,3)19(22(4,5)6)17-15-13-14-16-18-20(23(7,8)9)24(10,11)12/h15-16H,13-14H2,1-12H3. The highest BCUT2D eigenvalue weighted by molar-refractivity contribution is 6.90. The van der Waals surface area contributed by atoms with Gasteiger partial charge in [0.15, 0.2) is 32.9 Å². The monoisotopic (exact) mass is 402 g/mol. The molecule has 0 aliphatic rings. The molecular formula is C16H42N4Si4. The molecule has 0 radical (unpaired) electrons. The zero-order chi connectivity index (χ0) is 19.4. The van der Waals surface area contributed by atoms with Gasteiger partial charge in [0.25, 0.3) is 0 Å². The third-order valence-electron chi connectivity index (χ3n) is 3.36. The zero-order valence-electron chi connectivity index (χ0n) is 18.4. The fourth-order valence-corrected chi connectivity index (χ4v) is 20.9. The van der Waals surface area contributed by atoms with E-state index in [1.165, 1.54) is 0 Å². The molecule has 0 spiro atoms. The lowest BCUT2D eigenvalue weighted by Gasteiger charge is -2.41. The van der Waals surface area contributed by atoms with E-state index in [-0.39, 0.29) is 0 Å². The van der Waals surface area contributed by atoms with Crippen molar-refractivity contribution in [3.63, 3.8) is 0 Å². The summed E-state index contributed by atoms with van der Waals surface area (Å²) in [5, 5.41) is 9.71. The molecule has 0 saturated carbocycles. The van der Waals surface area contributed by atoms with Crippen LogP contribution < -0.4 is 0 Å². The molecule has 0 fully saturated rings. The lowest BCUT2D eigenvalue weighted by atomic mass is 10.4. The van der Waals surface area contributed by atoms with Crippen molar-refractivity contribution in [2.24, 2.45) is 10.2 Å². The molecular weight excluding hydrogens is 361 g/mol. The summed E-state index contributed by atoms with van der Waals surface area (Å²) >= 11 is 0. The van der Waals surface area contributed by atoms with Gasteiger partial charge in [0.2, 0.25) is 0 Å². The predicted octanol–water partition coefficient (Wildman–Crippen LogP) is 5.68. The van der Waals surface area contributed by atoms with E-state index in [9.17, 15) is 0 Å². The van der Waals surface area contributed by atoms with E-state index in [1.807, 2.05) is 0 Å². The molecule has 0 aliphatic carbocycles. The fraction of sp³-hybridized carbons (Fsp3) is 0.875. The minimum Gasteiger partial charge on any atom is -0.350 e. The second-order valence-electron chi connectivity index (χ2n) is 10.5. The topological polar surface area (TPSA) is 31.2 Å². The van der Waals surface area contributed by atoms with Gasteiger partial charge >= 0.3 is 0 Å². The molecule has 0 aromatic rings. The van der Waals surface area contributed by atoms with Gasteiger partial charge in [-0.05, 0) is 12.8 Å². The quantitative estimate of drug-likeness (QED) is 0.215. The summed E-state index contributed by atoms with van der Waals surface area (Å²) in [6.45, 7) is 28.5. The molecule has 0 N–H and O–H groups in total. The fourth-order valence-electron chi connectivity index (χ4n) is 3.13. The van der Waals surface area contributed by atoms with Gasteiger partial charge in [-0.1, -0.05) is 78.6 Å². The van der Waals surface area contributed by atoms with Gasteiger partial charge in [-0.25, -0.2) is 10.2 Å². The van der Waals surface area contributed by atoms with Crippen LogP contribution in [0.2, 0.25) is 78.6 Å². The highest BCUT2D eigenvalue weighted by Gasteiger charge is 2.34. The van der Waals surface area contributed by atoms with Gasteiger partial charge < -0.3 is 8.68 Å². The molecule has 8 heteroatoms. The predicted molar refractivity (Wildman–Crippen MR) is 123 cm³/mol. The second-order valence-corrected chi connectivity index (χ2v) is 30.4. The maximum atomic E-state index is 4.85. The third kappa shape index (κ3) is 8.77. The van der Waals surface area contributed by atoms with E-state index < -0.39 is 32.9 Å². The minimum absolute atomic E-state index is 0.972. The van der Waals surface area contributed by atoms with E-state index in [2.05, 4.69) is 99.7 Å². The second kappa shape index (κ2) is 8.46. The highest BCUT2D eigenvalue weighted by atomic mass is 28.4. The Bertz CT molecular complexity index is 367. The molecule has 0 amide bonds. The van der Waals surface area contributed by atoms with Crippen LogP contribution in [0.15, 0.2) is 10.2 Å². The summed E-state index contributed by atoms with van der Waals surface area (Å²) < 4.78 is 4.93. The van der Waals surface area contributed by atoms with Crippen LogP contribution in [0.4, 0.5) is 0 Å². The average molecular weight is 403 g/mol. The summed E-state index contributed by atoms with van der Waals surface area (Å²) in [5.74, 6) is 0. The number of rotatable bonds is 9. The molecule has 0 aromatic carbocycles. The number of hydrogen-bond donors (Lipinski definition) is 0. The Kier molecular flexibility index (Phi) is 8.39. The molecule has 142 valence electrons. The van der Waals surface area contributed by atoms with Gasteiger partial charge in [0.1, 0.15) is 0 Å². The Morgan fingerprint density at radius 3 is 0.875 bits per heavy atom. The molecule has 0 bridgehead atoms. The van der Waals surface area contributed by atoms with Crippen LogP contribution >= 0.6 is 0 Å². The Balaban J connectivity index is 4.77. The van der Waals surface area contributed by atoms with Crippen LogP contribution in [-0.2, 0) is 0 Å².